The number of nitrogens with two attached hydrogens (primary N) is 1. The van der Waals surface area contributed by atoms with E-state index in [0.717, 1.165) is 37.1 Å². The highest BCUT2D eigenvalue weighted by molar-refractivity contribution is 7.84. The Morgan fingerprint density at radius 3 is 2.58 bits per heavy atom. The average Bonchev–Trinajstić information content (AvgIpc) is 3.55. The second-order valence-electron chi connectivity index (χ2n) is 9.38. The summed E-state index contributed by atoms with van der Waals surface area (Å²) in [6.07, 6.45) is 3.83. The Bertz CT molecular complexity index is 1270. The van der Waals surface area contributed by atoms with Gasteiger partial charge in [-0.15, -0.1) is 0 Å². The van der Waals surface area contributed by atoms with Crippen LogP contribution < -0.4 is 11.1 Å². The molecule has 36 heavy (non-hydrogen) atoms. The zero-order chi connectivity index (χ0) is 25.8. The molecule has 1 fully saturated rings. The molecule has 0 aliphatic carbocycles. The molecule has 0 bridgehead atoms. The van der Waals surface area contributed by atoms with Crippen LogP contribution in [0.25, 0.3) is 0 Å². The smallest absolute Gasteiger partial charge is 0.246 e. The van der Waals surface area contributed by atoms with E-state index in [2.05, 4.69) is 10.2 Å². The Morgan fingerprint density at radius 2 is 1.94 bits per heavy atom. The van der Waals surface area contributed by atoms with Gasteiger partial charge in [-0.2, -0.15) is 11.3 Å². The molecule has 1 aliphatic heterocycles. The van der Waals surface area contributed by atoms with Gasteiger partial charge in [0.1, 0.15) is 6.04 Å². The van der Waals surface area contributed by atoms with Crippen molar-refractivity contribution in [3.05, 3.63) is 75.5 Å². The third kappa shape index (κ3) is 5.92. The van der Waals surface area contributed by atoms with E-state index in [-0.39, 0.29) is 17.7 Å². The van der Waals surface area contributed by atoms with Crippen molar-refractivity contribution in [3.8, 4) is 0 Å². The number of rotatable bonds is 9. The molecule has 2 heterocycles. The Hall–Kier alpha value is -2.85. The van der Waals surface area contributed by atoms with Crippen LogP contribution in [0.3, 0.4) is 0 Å². The molecular weight excluding hydrogens is 490 g/mol. The number of hydrogen-bond acceptors (Lipinski definition) is 7. The van der Waals surface area contributed by atoms with Crippen molar-refractivity contribution in [2.75, 3.05) is 44.5 Å². The van der Waals surface area contributed by atoms with Gasteiger partial charge in [0.15, 0.2) is 0 Å². The van der Waals surface area contributed by atoms with Gasteiger partial charge in [-0.3, -0.25) is 19.3 Å². The minimum Gasteiger partial charge on any atom is -0.398 e. The van der Waals surface area contributed by atoms with Gasteiger partial charge in [0.2, 0.25) is 5.91 Å². The average molecular weight is 524 g/mol. The first-order chi connectivity index (χ1) is 17.2. The highest BCUT2D eigenvalue weighted by Gasteiger charge is 2.30. The summed E-state index contributed by atoms with van der Waals surface area (Å²) in [6.45, 7) is 2.46. The van der Waals surface area contributed by atoms with Gasteiger partial charge in [-0.1, -0.05) is 12.1 Å². The normalized spacial score (nSPS) is 15.7. The Labute approximate surface area is 219 Å². The number of nitrogens with zero attached hydrogens (tertiary/aromatic N) is 2. The number of likely N-dealkylation sites (tertiary alicyclic amines) is 1. The molecule has 0 saturated carbocycles. The fourth-order valence-electron chi connectivity index (χ4n) is 4.62. The molecule has 1 amide bonds. The number of carbonyl (C=O) groups excluding carboxylic acids is 1. The number of amides is 1. The van der Waals surface area contributed by atoms with Gasteiger partial charge in [0, 0.05) is 40.2 Å². The zero-order valence-corrected chi connectivity index (χ0v) is 22.5. The number of carbonyl (C=O) groups is 1. The monoisotopic (exact) mass is 523 g/mol. The van der Waals surface area contributed by atoms with Gasteiger partial charge in [-0.25, -0.2) is 0 Å². The molecule has 2 atom stereocenters. The fraction of sp³-hybridized carbons (Fsp3) is 0.333. The lowest BCUT2D eigenvalue weighted by atomic mass is 9.99. The molecule has 4 rings (SSSR count). The van der Waals surface area contributed by atoms with Crippen LogP contribution in [0.1, 0.15) is 41.1 Å². The SMILES string of the molecule is CN(C)Cc1ccc(C(=N)c2cc(NC(=O)C(c3ccsc3)N3CCCC3)ccc2N)cc1S(C)=O. The summed E-state index contributed by atoms with van der Waals surface area (Å²) in [4.78, 5) is 18.4. The van der Waals surface area contributed by atoms with Crippen molar-refractivity contribution in [1.29, 1.82) is 5.41 Å². The number of nitrogen functional groups attached to an aromatic ring is 1. The van der Waals surface area contributed by atoms with E-state index in [9.17, 15) is 9.00 Å². The molecule has 4 N–H and O–H groups in total. The van der Waals surface area contributed by atoms with Crippen molar-refractivity contribution in [2.45, 2.75) is 30.3 Å². The molecule has 3 aromatic rings. The maximum absolute atomic E-state index is 13.4. The Morgan fingerprint density at radius 1 is 1.19 bits per heavy atom. The van der Waals surface area contributed by atoms with Gasteiger partial charge >= 0.3 is 0 Å². The molecule has 0 spiro atoms. The lowest BCUT2D eigenvalue weighted by molar-refractivity contribution is -0.121. The standard InChI is InChI=1S/C27H33N5O2S2/c1-31(2)16-19-7-6-18(14-24(19)36(3)34)25(29)22-15-21(8-9-23(22)28)30-27(33)26(20-10-13-35-17-20)32-11-4-5-12-32/h6-10,13-15,17,26,29H,4-5,11-12,16,28H2,1-3H3,(H,30,33). The maximum atomic E-state index is 13.4. The molecular formula is C27H33N5O2S2. The topological polar surface area (TPSA) is 103 Å². The van der Waals surface area contributed by atoms with Crippen LogP contribution >= 0.6 is 11.3 Å². The van der Waals surface area contributed by atoms with Crippen LogP contribution in [0.2, 0.25) is 0 Å². The second-order valence-corrected chi connectivity index (χ2v) is 11.5. The summed E-state index contributed by atoms with van der Waals surface area (Å²) in [5, 5.41) is 16.0. The third-order valence-corrected chi connectivity index (χ3v) is 8.06. The van der Waals surface area contributed by atoms with Gasteiger partial charge in [0.25, 0.3) is 0 Å². The predicted molar refractivity (Wildman–Crippen MR) is 149 cm³/mol. The molecule has 1 aliphatic rings. The number of benzene rings is 2. The van der Waals surface area contributed by atoms with Crippen molar-refractivity contribution in [1.82, 2.24) is 9.80 Å². The first-order valence-electron chi connectivity index (χ1n) is 11.9. The first kappa shape index (κ1) is 26.2. The van der Waals surface area contributed by atoms with Crippen LogP contribution in [-0.4, -0.2) is 59.1 Å². The molecule has 7 nitrogen and oxygen atoms in total. The lowest BCUT2D eigenvalue weighted by Gasteiger charge is -2.26. The number of thiophene rings is 1. The molecule has 190 valence electrons. The summed E-state index contributed by atoms with van der Waals surface area (Å²) < 4.78 is 12.4. The van der Waals surface area contributed by atoms with E-state index < -0.39 is 10.8 Å². The van der Waals surface area contributed by atoms with Crippen LogP contribution in [0, 0.1) is 5.41 Å². The van der Waals surface area contributed by atoms with E-state index in [1.54, 1.807) is 35.8 Å². The van der Waals surface area contributed by atoms with E-state index in [0.29, 0.717) is 33.9 Å². The second kappa shape index (κ2) is 11.5. The van der Waals surface area contributed by atoms with Gasteiger partial charge in [0.05, 0.1) is 16.5 Å². The highest BCUT2D eigenvalue weighted by Crippen LogP contribution is 2.29. The van der Waals surface area contributed by atoms with E-state index in [4.69, 9.17) is 11.1 Å². The molecule has 2 unspecified atom stereocenters. The van der Waals surface area contributed by atoms with Crippen LogP contribution in [-0.2, 0) is 22.1 Å². The minimum atomic E-state index is -1.19. The lowest BCUT2D eigenvalue weighted by Crippen LogP contribution is -2.35. The minimum absolute atomic E-state index is 0.0887. The molecule has 1 saturated heterocycles. The summed E-state index contributed by atoms with van der Waals surface area (Å²) in [5.41, 5.74) is 10.6. The van der Waals surface area contributed by atoms with Crippen molar-refractivity contribution < 1.29 is 9.00 Å². The molecule has 1 aromatic heterocycles. The summed E-state index contributed by atoms with van der Waals surface area (Å²) in [6, 6.07) is 12.5. The van der Waals surface area contributed by atoms with E-state index in [1.165, 1.54) is 0 Å². The van der Waals surface area contributed by atoms with Crippen LogP contribution in [0.4, 0.5) is 11.4 Å². The number of nitrogens with one attached hydrogen (secondary N) is 2. The molecule has 9 heteroatoms. The van der Waals surface area contributed by atoms with Crippen molar-refractivity contribution in [3.63, 3.8) is 0 Å². The molecule has 2 aromatic carbocycles. The van der Waals surface area contributed by atoms with Gasteiger partial charge in [-0.05, 0) is 92.2 Å². The maximum Gasteiger partial charge on any atom is 0.246 e. The van der Waals surface area contributed by atoms with Crippen LogP contribution in [0.5, 0.6) is 0 Å². The summed E-state index contributed by atoms with van der Waals surface area (Å²) in [7, 11) is 2.73. The molecule has 0 radical (unpaired) electrons. The quantitative estimate of drug-likeness (QED) is 0.286. The number of hydrogen-bond donors (Lipinski definition) is 3. The number of anilines is 2. The summed E-state index contributed by atoms with van der Waals surface area (Å²) in [5.74, 6) is -0.0887. The van der Waals surface area contributed by atoms with Crippen molar-refractivity contribution in [2.24, 2.45) is 0 Å². The van der Waals surface area contributed by atoms with Crippen molar-refractivity contribution >= 4 is 45.1 Å². The fourth-order valence-corrected chi connectivity index (χ4v) is 6.10. The van der Waals surface area contributed by atoms with Gasteiger partial charge < -0.3 is 16.0 Å². The van der Waals surface area contributed by atoms with E-state index >= 15 is 0 Å². The largest absolute Gasteiger partial charge is 0.398 e. The third-order valence-electron chi connectivity index (χ3n) is 6.36. The van der Waals surface area contributed by atoms with Crippen LogP contribution in [0.15, 0.2) is 58.1 Å². The van der Waals surface area contributed by atoms with E-state index in [1.807, 2.05) is 54.0 Å². The predicted octanol–water partition coefficient (Wildman–Crippen LogP) is 4.32. The summed E-state index contributed by atoms with van der Waals surface area (Å²) >= 11 is 1.59. The Balaban J connectivity index is 1.60. The Kier molecular flexibility index (Phi) is 8.35. The highest BCUT2D eigenvalue weighted by atomic mass is 32.2. The zero-order valence-electron chi connectivity index (χ0n) is 20.9. The first-order valence-corrected chi connectivity index (χ1v) is 14.4.